The second-order valence-electron chi connectivity index (χ2n) is 4.36. The molecule has 0 aromatic heterocycles. The number of nitrogen functional groups attached to an aromatic ring is 1. The molecule has 0 fully saturated rings. The summed E-state index contributed by atoms with van der Waals surface area (Å²) in [5.74, 6) is 0. The Labute approximate surface area is 121 Å². The smallest absolute Gasteiger partial charge is 0.153 e. The van der Waals surface area contributed by atoms with Crippen LogP contribution in [0.1, 0.15) is 17.4 Å². The summed E-state index contributed by atoms with van der Waals surface area (Å²) in [6.07, 6.45) is -0.827. The maximum atomic E-state index is 10.1. The zero-order valence-corrected chi connectivity index (χ0v) is 11.5. The van der Waals surface area contributed by atoms with E-state index in [2.05, 4.69) is 10.4 Å². The van der Waals surface area contributed by atoms with E-state index in [-0.39, 0.29) is 0 Å². The van der Waals surface area contributed by atoms with Gasteiger partial charge in [-0.05, 0) is 40.5 Å². The molecule has 6 heteroatoms. The number of rotatable bonds is 5. The van der Waals surface area contributed by atoms with Gasteiger partial charge in [0.05, 0.1) is 5.69 Å². The summed E-state index contributed by atoms with van der Waals surface area (Å²) >= 11 is 5.81. The summed E-state index contributed by atoms with van der Waals surface area (Å²) in [6, 6.07) is 12.4. The van der Waals surface area contributed by atoms with E-state index in [9.17, 15) is 5.11 Å². The first kappa shape index (κ1) is 14.5. The molecule has 2 aromatic rings. The molecular formula is C14H16ClN4O+. The highest BCUT2D eigenvalue weighted by Crippen LogP contribution is 2.24. The fourth-order valence-corrected chi connectivity index (χ4v) is 1.90. The van der Waals surface area contributed by atoms with Crippen molar-refractivity contribution in [1.82, 2.24) is 5.32 Å². The van der Waals surface area contributed by atoms with Crippen LogP contribution in [-0.4, -0.2) is 5.11 Å². The lowest BCUT2D eigenvalue weighted by Gasteiger charge is -2.14. The van der Waals surface area contributed by atoms with E-state index in [1.807, 2.05) is 12.1 Å². The highest BCUT2D eigenvalue weighted by molar-refractivity contribution is 6.30. The van der Waals surface area contributed by atoms with E-state index in [1.54, 1.807) is 30.3 Å². The molecule has 0 heterocycles. The molecule has 0 aliphatic carbocycles. The number of aliphatic hydroxyl groups excluding tert-OH is 1. The lowest BCUT2D eigenvalue weighted by molar-refractivity contribution is -0.210. The molecule has 1 atom stereocenters. The van der Waals surface area contributed by atoms with E-state index >= 15 is 0 Å². The van der Waals surface area contributed by atoms with E-state index in [4.69, 9.17) is 22.9 Å². The van der Waals surface area contributed by atoms with Crippen LogP contribution in [-0.2, 0) is 6.54 Å². The van der Waals surface area contributed by atoms with E-state index in [1.165, 1.54) is 0 Å². The van der Waals surface area contributed by atoms with Crippen molar-refractivity contribution in [2.24, 2.45) is 5.11 Å². The Bertz CT molecular complexity index is 601. The molecule has 2 rings (SSSR count). The number of nitrogens with two attached hydrogens (primary N) is 2. The molecule has 0 bridgehead atoms. The maximum absolute atomic E-state index is 10.1. The minimum Gasteiger partial charge on any atom is -0.397 e. The van der Waals surface area contributed by atoms with Gasteiger partial charge in [0.15, 0.2) is 5.69 Å². The SMILES string of the molecule is Nc1ccc(C(O)NCc2ccc(Cl)cc2)cc1N=[NH2+]. The molecule has 2 aromatic carbocycles. The van der Waals surface area contributed by atoms with Crippen LogP contribution in [0.3, 0.4) is 0 Å². The van der Waals surface area contributed by atoms with E-state index < -0.39 is 6.23 Å². The Morgan fingerprint density at radius 2 is 1.95 bits per heavy atom. The van der Waals surface area contributed by atoms with Crippen molar-refractivity contribution in [1.29, 1.82) is 0 Å². The second-order valence-corrected chi connectivity index (χ2v) is 4.79. The van der Waals surface area contributed by atoms with Crippen LogP contribution in [0.15, 0.2) is 47.6 Å². The third-order valence-corrected chi connectivity index (χ3v) is 3.17. The van der Waals surface area contributed by atoms with Gasteiger partial charge >= 0.3 is 0 Å². The van der Waals surface area contributed by atoms with Crippen LogP contribution in [0.2, 0.25) is 5.02 Å². The molecule has 6 N–H and O–H groups in total. The monoisotopic (exact) mass is 291 g/mol. The third kappa shape index (κ3) is 3.54. The van der Waals surface area contributed by atoms with Gasteiger partial charge < -0.3 is 10.8 Å². The molecule has 0 amide bonds. The molecule has 0 aliphatic heterocycles. The topological polar surface area (TPSA) is 96.2 Å². The molecular weight excluding hydrogens is 276 g/mol. The molecule has 20 heavy (non-hydrogen) atoms. The van der Waals surface area contributed by atoms with Crippen molar-refractivity contribution in [2.45, 2.75) is 12.8 Å². The number of nitrogens with one attached hydrogen (secondary N) is 1. The number of aliphatic hydroxyl groups is 1. The Hall–Kier alpha value is -1.95. The Morgan fingerprint density at radius 3 is 2.60 bits per heavy atom. The van der Waals surface area contributed by atoms with Crippen LogP contribution in [0.5, 0.6) is 0 Å². The molecule has 5 nitrogen and oxygen atoms in total. The van der Waals surface area contributed by atoms with Crippen molar-refractivity contribution in [2.75, 3.05) is 5.73 Å². The molecule has 0 saturated carbocycles. The standard InChI is InChI=1S/C14H15ClN4O/c15-11-4-1-9(2-5-11)8-18-14(20)10-3-6-12(16)13(7-10)19-17/h1-7,14,17-18,20H,8,16H2/p+1. The van der Waals surface area contributed by atoms with Crippen LogP contribution >= 0.6 is 11.6 Å². The number of hydrogen-bond acceptors (Lipinski definition) is 4. The first-order chi connectivity index (χ1) is 9.60. The Balaban J connectivity index is 2.02. The second kappa shape index (κ2) is 6.47. The zero-order chi connectivity index (χ0) is 14.5. The third-order valence-electron chi connectivity index (χ3n) is 2.92. The first-order valence-corrected chi connectivity index (χ1v) is 6.44. The number of nitrogens with zero attached hydrogens (tertiary/aromatic N) is 1. The summed E-state index contributed by atoms with van der Waals surface area (Å²) < 4.78 is 0. The molecule has 0 aliphatic rings. The lowest BCUT2D eigenvalue weighted by Crippen LogP contribution is -2.23. The van der Waals surface area contributed by atoms with Crippen LogP contribution < -0.4 is 16.6 Å². The molecule has 1 unspecified atom stereocenters. The largest absolute Gasteiger partial charge is 0.397 e. The average molecular weight is 292 g/mol. The molecule has 0 spiro atoms. The quantitative estimate of drug-likeness (QED) is 0.382. The zero-order valence-electron chi connectivity index (χ0n) is 10.8. The Morgan fingerprint density at radius 1 is 1.25 bits per heavy atom. The highest BCUT2D eigenvalue weighted by Gasteiger charge is 2.10. The van der Waals surface area contributed by atoms with Crippen molar-refractivity contribution in [3.63, 3.8) is 0 Å². The van der Waals surface area contributed by atoms with Gasteiger partial charge in [0.2, 0.25) is 0 Å². The fraction of sp³-hybridized carbons (Fsp3) is 0.143. The van der Waals surface area contributed by atoms with Gasteiger partial charge in [0, 0.05) is 11.6 Å². The summed E-state index contributed by atoms with van der Waals surface area (Å²) in [6.45, 7) is 0.512. The van der Waals surface area contributed by atoms with Gasteiger partial charge in [0.1, 0.15) is 6.23 Å². The lowest BCUT2D eigenvalue weighted by atomic mass is 10.1. The number of anilines is 1. The number of halogens is 1. The highest BCUT2D eigenvalue weighted by atomic mass is 35.5. The maximum Gasteiger partial charge on any atom is 0.153 e. The predicted octanol–water partition coefficient (Wildman–Crippen LogP) is 1.55. The summed E-state index contributed by atoms with van der Waals surface area (Å²) in [4.78, 5) is 0. The minimum atomic E-state index is -0.827. The fourth-order valence-electron chi connectivity index (χ4n) is 1.78. The van der Waals surface area contributed by atoms with Gasteiger partial charge in [-0.2, -0.15) is 5.53 Å². The van der Waals surface area contributed by atoms with Crippen molar-refractivity contribution < 1.29 is 10.6 Å². The summed E-state index contributed by atoms with van der Waals surface area (Å²) in [5, 5.41) is 17.3. The first-order valence-electron chi connectivity index (χ1n) is 6.06. The van der Waals surface area contributed by atoms with Gasteiger partial charge in [-0.15, -0.1) is 0 Å². The predicted molar refractivity (Wildman–Crippen MR) is 78.1 cm³/mol. The summed E-state index contributed by atoms with van der Waals surface area (Å²) in [5.41, 5.74) is 13.5. The molecule has 104 valence electrons. The van der Waals surface area contributed by atoms with Crippen LogP contribution in [0.25, 0.3) is 0 Å². The Kier molecular flexibility index (Phi) is 4.68. The van der Waals surface area contributed by atoms with Crippen molar-refractivity contribution in [3.05, 3.63) is 58.6 Å². The number of hydrogen-bond donors (Lipinski definition) is 4. The van der Waals surface area contributed by atoms with Crippen LogP contribution in [0.4, 0.5) is 11.4 Å². The van der Waals surface area contributed by atoms with E-state index in [0.29, 0.717) is 28.5 Å². The van der Waals surface area contributed by atoms with Gasteiger partial charge in [-0.1, -0.05) is 29.8 Å². The van der Waals surface area contributed by atoms with Crippen molar-refractivity contribution >= 4 is 23.0 Å². The van der Waals surface area contributed by atoms with E-state index in [0.717, 1.165) is 5.56 Å². The molecule has 0 saturated heterocycles. The summed E-state index contributed by atoms with van der Waals surface area (Å²) in [7, 11) is 0. The van der Waals surface area contributed by atoms with Gasteiger partial charge in [0.25, 0.3) is 0 Å². The molecule has 0 radical (unpaired) electrons. The van der Waals surface area contributed by atoms with Gasteiger partial charge in [-0.25, -0.2) is 0 Å². The normalized spacial score (nSPS) is 12.1. The number of benzene rings is 2. The average Bonchev–Trinajstić information content (AvgIpc) is 2.47. The van der Waals surface area contributed by atoms with Gasteiger partial charge in [-0.3, -0.25) is 5.32 Å². The van der Waals surface area contributed by atoms with Crippen molar-refractivity contribution in [3.8, 4) is 0 Å². The van der Waals surface area contributed by atoms with Crippen LogP contribution in [0, 0.1) is 0 Å². The minimum absolute atomic E-state index is 0.454.